The summed E-state index contributed by atoms with van der Waals surface area (Å²) in [6, 6.07) is 0. The van der Waals surface area contributed by atoms with Gasteiger partial charge in [-0.3, -0.25) is 4.68 Å². The molecule has 3 nitrogen and oxygen atoms in total. The summed E-state index contributed by atoms with van der Waals surface area (Å²) in [5.41, 5.74) is 0.893. The minimum absolute atomic E-state index is 0.320. The van der Waals surface area contributed by atoms with Crippen molar-refractivity contribution in [1.82, 2.24) is 9.78 Å². The van der Waals surface area contributed by atoms with Gasteiger partial charge in [0.15, 0.2) is 0 Å². The lowest BCUT2D eigenvalue weighted by Gasteiger charge is -2.04. The number of hydrogen-bond acceptors (Lipinski definition) is 2. The average Bonchev–Trinajstić information content (AvgIpc) is 2.47. The molecule has 86 valence electrons. The highest BCUT2D eigenvalue weighted by Gasteiger charge is 2.06. The van der Waals surface area contributed by atoms with E-state index in [1.54, 1.807) is 4.68 Å². The van der Waals surface area contributed by atoms with Crippen molar-refractivity contribution in [2.45, 2.75) is 27.0 Å². The van der Waals surface area contributed by atoms with Gasteiger partial charge in [-0.2, -0.15) is 5.10 Å². The maximum absolute atomic E-state index is 12.1. The first-order valence-corrected chi connectivity index (χ1v) is 6.07. The van der Waals surface area contributed by atoms with Crippen molar-refractivity contribution in [3.05, 3.63) is 15.5 Å². The summed E-state index contributed by atoms with van der Waals surface area (Å²) in [5.74, 6) is 0.524. The van der Waals surface area contributed by atoms with Gasteiger partial charge in [0.05, 0.1) is 16.7 Å². The molecule has 0 N–H and O–H groups in total. The molecule has 1 aromatic rings. The minimum atomic E-state index is -0.385. The number of hydrogen-bond donors (Lipinski definition) is 0. The number of nitrogens with zero attached hydrogens (tertiary/aromatic N) is 2. The van der Waals surface area contributed by atoms with Gasteiger partial charge in [0, 0.05) is 12.8 Å². The van der Waals surface area contributed by atoms with Crippen LogP contribution in [0.15, 0.2) is 6.20 Å². The molecule has 5 heteroatoms. The van der Waals surface area contributed by atoms with Gasteiger partial charge in [0.2, 0.25) is 0 Å². The van der Waals surface area contributed by atoms with E-state index in [1.165, 1.54) is 0 Å². The summed E-state index contributed by atoms with van der Waals surface area (Å²) in [4.78, 5) is 0. The van der Waals surface area contributed by atoms with Crippen molar-refractivity contribution >= 4 is 22.6 Å². The van der Waals surface area contributed by atoms with Gasteiger partial charge in [-0.05, 0) is 28.5 Å². The highest BCUT2D eigenvalue weighted by molar-refractivity contribution is 14.1. The first-order chi connectivity index (χ1) is 7.13. The topological polar surface area (TPSA) is 27.1 Å². The van der Waals surface area contributed by atoms with Crippen LogP contribution in [0, 0.1) is 9.49 Å². The van der Waals surface area contributed by atoms with E-state index in [0.717, 1.165) is 15.9 Å². The van der Waals surface area contributed by atoms with Crippen LogP contribution in [0.5, 0.6) is 0 Å². The lowest BCUT2D eigenvalue weighted by molar-refractivity contribution is 0.0939. The normalized spacial score (nSPS) is 11.3. The van der Waals surface area contributed by atoms with Crippen LogP contribution in [0.2, 0.25) is 0 Å². The predicted molar refractivity (Wildman–Crippen MR) is 65.4 cm³/mol. The van der Waals surface area contributed by atoms with E-state index in [2.05, 4.69) is 41.5 Å². The van der Waals surface area contributed by atoms with Crippen LogP contribution in [-0.2, 0) is 17.9 Å². The third-order valence-corrected chi connectivity index (χ3v) is 2.69. The Kier molecular flexibility index (Phi) is 5.52. The molecule has 0 fully saturated rings. The number of aryl methyl sites for hydroxylation is 1. The van der Waals surface area contributed by atoms with E-state index in [-0.39, 0.29) is 6.67 Å². The molecular formula is C10H16FIN2O. The fourth-order valence-corrected chi connectivity index (χ4v) is 1.71. The monoisotopic (exact) mass is 326 g/mol. The van der Waals surface area contributed by atoms with Crippen molar-refractivity contribution in [3.8, 4) is 0 Å². The van der Waals surface area contributed by atoms with E-state index >= 15 is 0 Å². The molecule has 0 amide bonds. The first-order valence-electron chi connectivity index (χ1n) is 4.99. The molecule has 0 aliphatic rings. The summed E-state index contributed by atoms with van der Waals surface area (Å²) in [6.07, 6.45) is 1.84. The van der Waals surface area contributed by atoms with Crippen LogP contribution >= 0.6 is 22.6 Å². The number of alkyl halides is 1. The van der Waals surface area contributed by atoms with E-state index < -0.39 is 0 Å². The number of ether oxygens (including phenoxy) is 1. The van der Waals surface area contributed by atoms with Crippen LogP contribution in [0.25, 0.3) is 0 Å². The van der Waals surface area contributed by atoms with Crippen molar-refractivity contribution in [2.75, 3.05) is 13.3 Å². The molecule has 0 aromatic carbocycles. The zero-order valence-electron chi connectivity index (χ0n) is 9.04. The Hall–Kier alpha value is -0.170. The summed E-state index contributed by atoms with van der Waals surface area (Å²) < 4.78 is 20.2. The quantitative estimate of drug-likeness (QED) is 0.752. The van der Waals surface area contributed by atoms with E-state index in [9.17, 15) is 4.39 Å². The Balaban J connectivity index is 2.46. The molecule has 0 saturated carbocycles. The van der Waals surface area contributed by atoms with Crippen LogP contribution < -0.4 is 0 Å². The smallest absolute Gasteiger partial charge is 0.109 e. The minimum Gasteiger partial charge on any atom is -0.375 e. The van der Waals surface area contributed by atoms with Gasteiger partial charge in [-0.15, -0.1) is 0 Å². The lowest BCUT2D eigenvalue weighted by Crippen LogP contribution is -2.04. The maximum atomic E-state index is 12.1. The molecule has 1 aromatic heterocycles. The van der Waals surface area contributed by atoms with Gasteiger partial charge in [0.25, 0.3) is 0 Å². The third-order valence-electron chi connectivity index (χ3n) is 1.79. The van der Waals surface area contributed by atoms with Crippen molar-refractivity contribution in [3.63, 3.8) is 0 Å². The second-order valence-electron chi connectivity index (χ2n) is 3.78. The maximum Gasteiger partial charge on any atom is 0.109 e. The molecule has 0 aliphatic carbocycles. The van der Waals surface area contributed by atoms with Crippen molar-refractivity contribution in [1.29, 1.82) is 0 Å². The number of rotatable bonds is 6. The summed E-state index contributed by atoms with van der Waals surface area (Å²) in [7, 11) is 0. The molecule has 0 radical (unpaired) electrons. The Labute approximate surface area is 103 Å². The number of halogens is 2. The highest BCUT2D eigenvalue weighted by atomic mass is 127. The second kappa shape index (κ2) is 6.42. The average molecular weight is 326 g/mol. The Morgan fingerprint density at radius 2 is 2.33 bits per heavy atom. The van der Waals surface area contributed by atoms with Crippen LogP contribution in [0.4, 0.5) is 4.39 Å². The lowest BCUT2D eigenvalue weighted by atomic mass is 10.2. The summed E-state index contributed by atoms with van der Waals surface area (Å²) in [5, 5.41) is 4.24. The SMILES string of the molecule is CC(C)COCc1nn(CCF)cc1I. The standard InChI is InChI=1S/C10H16FIN2O/c1-8(2)6-15-7-10-9(12)5-14(13-10)4-3-11/h5,8H,3-4,6-7H2,1-2H3. The van der Waals surface area contributed by atoms with Crippen molar-refractivity contribution < 1.29 is 9.13 Å². The zero-order valence-corrected chi connectivity index (χ0v) is 11.2. The first kappa shape index (κ1) is 12.9. The molecule has 0 atom stereocenters. The van der Waals surface area contributed by atoms with Gasteiger partial charge in [-0.1, -0.05) is 13.8 Å². The van der Waals surface area contributed by atoms with Crippen LogP contribution in [0.3, 0.4) is 0 Å². The van der Waals surface area contributed by atoms with Crippen LogP contribution in [-0.4, -0.2) is 23.1 Å². The predicted octanol–water partition coefficient (Wildman–Crippen LogP) is 2.63. The molecule has 0 aliphatic heterocycles. The van der Waals surface area contributed by atoms with Gasteiger partial charge in [-0.25, -0.2) is 4.39 Å². The molecule has 1 rings (SSSR count). The summed E-state index contributed by atoms with van der Waals surface area (Å²) >= 11 is 2.19. The largest absolute Gasteiger partial charge is 0.375 e. The molecule has 1 heterocycles. The van der Waals surface area contributed by atoms with Crippen LogP contribution in [0.1, 0.15) is 19.5 Å². The highest BCUT2D eigenvalue weighted by Crippen LogP contribution is 2.11. The van der Waals surface area contributed by atoms with E-state index in [4.69, 9.17) is 4.74 Å². The third kappa shape index (κ3) is 4.46. The van der Waals surface area contributed by atoms with E-state index in [1.807, 2.05) is 6.20 Å². The Morgan fingerprint density at radius 3 is 2.93 bits per heavy atom. The summed E-state index contributed by atoms with van der Waals surface area (Å²) in [6.45, 7) is 5.38. The zero-order chi connectivity index (χ0) is 11.3. The molecule has 0 bridgehead atoms. The second-order valence-corrected chi connectivity index (χ2v) is 4.95. The molecular weight excluding hydrogens is 310 g/mol. The van der Waals surface area contributed by atoms with E-state index in [0.29, 0.717) is 19.1 Å². The van der Waals surface area contributed by atoms with Crippen molar-refractivity contribution in [2.24, 2.45) is 5.92 Å². The van der Waals surface area contributed by atoms with Gasteiger partial charge in [0.1, 0.15) is 12.4 Å². The molecule has 0 saturated heterocycles. The fourth-order valence-electron chi connectivity index (χ4n) is 1.13. The number of aromatic nitrogens is 2. The molecule has 0 spiro atoms. The van der Waals surface area contributed by atoms with Gasteiger partial charge >= 0.3 is 0 Å². The fraction of sp³-hybridized carbons (Fsp3) is 0.700. The Morgan fingerprint density at radius 1 is 1.60 bits per heavy atom. The molecule has 15 heavy (non-hydrogen) atoms. The van der Waals surface area contributed by atoms with Gasteiger partial charge < -0.3 is 4.74 Å². The Bertz CT molecular complexity index is 302. The molecule has 0 unspecified atom stereocenters.